The molecule has 24 heavy (non-hydrogen) atoms. The van der Waals surface area contributed by atoms with E-state index < -0.39 is 0 Å². The van der Waals surface area contributed by atoms with E-state index in [0.717, 1.165) is 22.2 Å². The summed E-state index contributed by atoms with van der Waals surface area (Å²) in [6, 6.07) is 10.4. The summed E-state index contributed by atoms with van der Waals surface area (Å²) in [6.45, 7) is 1.95. The number of rotatable bonds is 5. The molecule has 1 aliphatic rings. The Morgan fingerprint density at radius 2 is 2.00 bits per heavy atom. The number of nitrogens with zero attached hydrogens (tertiary/aromatic N) is 5. The highest BCUT2D eigenvalue weighted by Crippen LogP contribution is 2.33. The van der Waals surface area contributed by atoms with Gasteiger partial charge in [0.2, 0.25) is 11.0 Å². The maximum atomic E-state index is 5.82. The van der Waals surface area contributed by atoms with Crippen LogP contribution in [0.15, 0.2) is 39.9 Å². The lowest BCUT2D eigenvalue weighted by Gasteiger charge is -2.10. The Hall–Kier alpha value is -2.15. The monoisotopic (exact) mass is 341 g/mol. The van der Waals surface area contributed by atoms with Gasteiger partial charge in [0.15, 0.2) is 0 Å². The van der Waals surface area contributed by atoms with Crippen LogP contribution in [-0.4, -0.2) is 25.2 Å². The molecule has 0 radical (unpaired) electrons. The van der Waals surface area contributed by atoms with Gasteiger partial charge in [0, 0.05) is 11.3 Å². The molecule has 2 heterocycles. The average Bonchev–Trinajstić information content (AvgIpc) is 3.34. The van der Waals surface area contributed by atoms with Gasteiger partial charge in [-0.25, -0.2) is 9.67 Å². The van der Waals surface area contributed by atoms with Gasteiger partial charge < -0.3 is 4.42 Å². The van der Waals surface area contributed by atoms with E-state index in [1.54, 1.807) is 11.8 Å². The number of hydrogen-bond donors (Lipinski definition) is 0. The van der Waals surface area contributed by atoms with Crippen LogP contribution < -0.4 is 0 Å². The third kappa shape index (κ3) is 3.08. The fourth-order valence-electron chi connectivity index (χ4n) is 3.06. The van der Waals surface area contributed by atoms with Gasteiger partial charge in [-0.3, -0.25) is 0 Å². The van der Waals surface area contributed by atoms with Crippen LogP contribution in [0.3, 0.4) is 0 Å². The molecule has 124 valence electrons. The quantitative estimate of drug-likeness (QED) is 0.652. The average molecular weight is 341 g/mol. The van der Waals surface area contributed by atoms with Crippen LogP contribution in [0.25, 0.3) is 11.5 Å². The van der Waals surface area contributed by atoms with E-state index >= 15 is 0 Å². The summed E-state index contributed by atoms with van der Waals surface area (Å²) >= 11 is 1.62. The van der Waals surface area contributed by atoms with E-state index in [0.29, 0.717) is 17.7 Å². The predicted molar refractivity (Wildman–Crippen MR) is 91.6 cm³/mol. The molecule has 0 amide bonds. The number of aromatic nitrogens is 5. The van der Waals surface area contributed by atoms with Gasteiger partial charge in [-0.15, -0.1) is 5.10 Å². The van der Waals surface area contributed by atoms with Crippen molar-refractivity contribution < 1.29 is 4.42 Å². The summed E-state index contributed by atoms with van der Waals surface area (Å²) in [6.07, 6.45) is 4.86. The van der Waals surface area contributed by atoms with Crippen molar-refractivity contribution in [1.29, 1.82) is 0 Å². The highest BCUT2D eigenvalue weighted by atomic mass is 32.2. The summed E-state index contributed by atoms with van der Waals surface area (Å²) in [4.78, 5) is 4.64. The topological polar surface area (TPSA) is 69.6 Å². The number of aryl methyl sites for hydroxylation is 1. The maximum Gasteiger partial charge on any atom is 0.226 e. The van der Waals surface area contributed by atoms with E-state index in [4.69, 9.17) is 4.42 Å². The van der Waals surface area contributed by atoms with Gasteiger partial charge >= 0.3 is 0 Å². The van der Waals surface area contributed by atoms with Gasteiger partial charge in [0.05, 0.1) is 11.7 Å². The van der Waals surface area contributed by atoms with E-state index in [9.17, 15) is 0 Å². The van der Waals surface area contributed by atoms with Gasteiger partial charge in [-0.05, 0) is 42.3 Å². The fourth-order valence-corrected chi connectivity index (χ4v) is 4.00. The Bertz CT molecular complexity index is 808. The number of hydrogen-bond acceptors (Lipinski definition) is 6. The van der Waals surface area contributed by atoms with Gasteiger partial charge in [-0.1, -0.05) is 42.8 Å². The molecular weight excluding hydrogens is 322 g/mol. The van der Waals surface area contributed by atoms with Gasteiger partial charge in [-0.2, -0.15) is 0 Å². The van der Waals surface area contributed by atoms with Gasteiger partial charge in [0.25, 0.3) is 0 Å². The van der Waals surface area contributed by atoms with Crippen molar-refractivity contribution in [2.75, 3.05) is 0 Å². The second-order valence-electron chi connectivity index (χ2n) is 6.02. The smallest absolute Gasteiger partial charge is 0.226 e. The Labute approximate surface area is 144 Å². The molecule has 0 saturated heterocycles. The molecule has 1 fully saturated rings. The summed E-state index contributed by atoms with van der Waals surface area (Å²) < 4.78 is 7.80. The largest absolute Gasteiger partial charge is 0.441 e. The number of oxazole rings is 1. The van der Waals surface area contributed by atoms with Crippen LogP contribution in [0.5, 0.6) is 0 Å². The lowest BCUT2D eigenvalue weighted by atomic mass is 10.2. The highest BCUT2D eigenvalue weighted by Gasteiger charge is 2.22. The number of tetrazole rings is 1. The SMILES string of the molecule is Cc1oc(-c2ccccc2)nc1CSc1nnnn1C1CCCC1. The van der Waals surface area contributed by atoms with Crippen LogP contribution in [-0.2, 0) is 5.75 Å². The first kappa shape index (κ1) is 15.4. The van der Waals surface area contributed by atoms with Crippen LogP contribution in [0.1, 0.15) is 43.2 Å². The molecule has 1 aliphatic carbocycles. The Morgan fingerprint density at radius 3 is 2.79 bits per heavy atom. The molecule has 0 unspecified atom stereocenters. The van der Waals surface area contributed by atoms with Crippen LogP contribution in [0.2, 0.25) is 0 Å². The molecule has 3 aromatic rings. The first-order chi connectivity index (χ1) is 11.8. The molecule has 7 heteroatoms. The van der Waals surface area contributed by atoms with Crippen LogP contribution in [0, 0.1) is 6.92 Å². The molecular formula is C17H19N5OS. The predicted octanol–water partition coefficient (Wildman–Crippen LogP) is 4.04. The van der Waals surface area contributed by atoms with Crippen molar-refractivity contribution in [1.82, 2.24) is 25.2 Å². The van der Waals surface area contributed by atoms with Crippen molar-refractivity contribution in [3.05, 3.63) is 41.8 Å². The summed E-state index contributed by atoms with van der Waals surface area (Å²) in [5, 5.41) is 13.1. The van der Waals surface area contributed by atoms with E-state index in [1.165, 1.54) is 25.7 Å². The molecule has 6 nitrogen and oxygen atoms in total. The zero-order chi connectivity index (χ0) is 16.4. The molecule has 1 aromatic carbocycles. The van der Waals surface area contributed by atoms with Crippen molar-refractivity contribution in [3.8, 4) is 11.5 Å². The second kappa shape index (κ2) is 6.76. The Balaban J connectivity index is 1.49. The zero-order valence-corrected chi connectivity index (χ0v) is 14.4. The summed E-state index contributed by atoms with van der Waals surface area (Å²) in [5.74, 6) is 2.22. The molecule has 2 aromatic heterocycles. The highest BCUT2D eigenvalue weighted by molar-refractivity contribution is 7.98. The lowest BCUT2D eigenvalue weighted by Crippen LogP contribution is -2.08. The second-order valence-corrected chi connectivity index (χ2v) is 6.96. The zero-order valence-electron chi connectivity index (χ0n) is 13.6. The minimum Gasteiger partial charge on any atom is -0.441 e. The first-order valence-corrected chi connectivity index (χ1v) is 9.22. The molecule has 0 N–H and O–H groups in total. The van der Waals surface area contributed by atoms with Crippen molar-refractivity contribution >= 4 is 11.8 Å². The van der Waals surface area contributed by atoms with Crippen LogP contribution in [0.4, 0.5) is 0 Å². The number of benzene rings is 1. The number of thioether (sulfide) groups is 1. The molecule has 0 aliphatic heterocycles. The first-order valence-electron chi connectivity index (χ1n) is 8.23. The Kier molecular flexibility index (Phi) is 4.34. The Morgan fingerprint density at radius 1 is 1.21 bits per heavy atom. The fraction of sp³-hybridized carbons (Fsp3) is 0.412. The van der Waals surface area contributed by atoms with E-state index in [2.05, 4.69) is 20.5 Å². The van der Waals surface area contributed by atoms with Crippen LogP contribution >= 0.6 is 11.8 Å². The molecule has 4 rings (SSSR count). The molecule has 0 bridgehead atoms. The summed E-state index contributed by atoms with van der Waals surface area (Å²) in [5.41, 5.74) is 1.94. The molecule has 1 saturated carbocycles. The lowest BCUT2D eigenvalue weighted by molar-refractivity contribution is 0.423. The normalized spacial score (nSPS) is 15.2. The van der Waals surface area contributed by atoms with E-state index in [1.807, 2.05) is 41.9 Å². The maximum absolute atomic E-state index is 5.82. The molecule has 0 spiro atoms. The van der Waals surface area contributed by atoms with Crippen molar-refractivity contribution in [2.45, 2.75) is 49.6 Å². The van der Waals surface area contributed by atoms with Crippen molar-refractivity contribution in [3.63, 3.8) is 0 Å². The third-order valence-electron chi connectivity index (χ3n) is 4.38. The standard InChI is InChI=1S/C17H19N5OS/c1-12-15(18-16(23-12)13-7-3-2-4-8-13)11-24-17-19-20-21-22(17)14-9-5-6-10-14/h2-4,7-8,14H,5-6,9-11H2,1H3. The van der Waals surface area contributed by atoms with E-state index in [-0.39, 0.29) is 0 Å². The minimum absolute atomic E-state index is 0.445. The van der Waals surface area contributed by atoms with Gasteiger partial charge in [0.1, 0.15) is 5.76 Å². The summed E-state index contributed by atoms with van der Waals surface area (Å²) in [7, 11) is 0. The molecule has 0 atom stereocenters. The van der Waals surface area contributed by atoms with Crippen molar-refractivity contribution in [2.24, 2.45) is 0 Å². The minimum atomic E-state index is 0.445. The third-order valence-corrected chi connectivity index (χ3v) is 5.33.